The summed E-state index contributed by atoms with van der Waals surface area (Å²) in [6.07, 6.45) is 4.08. The van der Waals surface area contributed by atoms with E-state index in [4.69, 9.17) is 4.42 Å². The van der Waals surface area contributed by atoms with Gasteiger partial charge < -0.3 is 4.42 Å². The molecule has 0 aliphatic heterocycles. The molecule has 120 valence electrons. The monoisotopic (exact) mass is 337 g/mol. The molecule has 3 aromatic heterocycles. The Morgan fingerprint density at radius 3 is 2.88 bits per heavy atom. The second-order valence-electron chi connectivity index (χ2n) is 5.47. The zero-order chi connectivity index (χ0) is 16.5. The van der Waals surface area contributed by atoms with E-state index in [0.717, 1.165) is 16.8 Å². The number of rotatable bonds is 4. The molecule has 0 radical (unpaired) electrons. The van der Waals surface area contributed by atoms with Gasteiger partial charge in [-0.1, -0.05) is 25.1 Å². The number of aryl methyl sites for hydroxylation is 1. The van der Waals surface area contributed by atoms with Gasteiger partial charge in [0.1, 0.15) is 11.1 Å². The lowest BCUT2D eigenvalue weighted by Crippen LogP contribution is -2.20. The zero-order valence-electron chi connectivity index (χ0n) is 13.1. The molecule has 0 amide bonds. The van der Waals surface area contributed by atoms with E-state index in [2.05, 4.69) is 16.9 Å². The Bertz CT molecular complexity index is 1050. The lowest BCUT2D eigenvalue weighted by molar-refractivity contribution is 0.571. The van der Waals surface area contributed by atoms with Gasteiger partial charge in [-0.3, -0.25) is 9.36 Å². The third kappa shape index (κ3) is 2.65. The van der Waals surface area contributed by atoms with Crippen LogP contribution in [-0.2, 0) is 13.0 Å². The maximum absolute atomic E-state index is 12.6. The van der Waals surface area contributed by atoms with Gasteiger partial charge in [0.15, 0.2) is 0 Å². The van der Waals surface area contributed by atoms with Crippen LogP contribution < -0.4 is 5.56 Å². The van der Waals surface area contributed by atoms with Crippen molar-refractivity contribution in [3.63, 3.8) is 0 Å². The number of nitrogens with zero attached hydrogens (tertiary/aromatic N) is 3. The molecule has 4 rings (SSSR count). The summed E-state index contributed by atoms with van der Waals surface area (Å²) in [6.45, 7) is 2.42. The number of thiophene rings is 1. The summed E-state index contributed by atoms with van der Waals surface area (Å²) in [5.41, 5.74) is 1.57. The molecule has 0 N–H and O–H groups in total. The van der Waals surface area contributed by atoms with Crippen molar-refractivity contribution in [2.24, 2.45) is 0 Å². The molecule has 0 unspecified atom stereocenters. The Balaban J connectivity index is 1.66. The summed E-state index contributed by atoms with van der Waals surface area (Å²) < 4.78 is 7.10. The van der Waals surface area contributed by atoms with E-state index >= 15 is 0 Å². The minimum absolute atomic E-state index is 0.0415. The van der Waals surface area contributed by atoms with Gasteiger partial charge in [-0.2, -0.15) is 0 Å². The first-order valence-electron chi connectivity index (χ1n) is 7.72. The van der Waals surface area contributed by atoms with Crippen LogP contribution in [0.5, 0.6) is 0 Å². The first-order chi connectivity index (χ1) is 11.7. The molecular weight excluding hydrogens is 322 g/mol. The van der Waals surface area contributed by atoms with Gasteiger partial charge in [0, 0.05) is 10.4 Å². The van der Waals surface area contributed by atoms with Crippen LogP contribution in [0.15, 0.2) is 58.2 Å². The topological polar surface area (TPSA) is 60.9 Å². The van der Waals surface area contributed by atoms with Crippen molar-refractivity contribution in [3.8, 4) is 11.5 Å². The van der Waals surface area contributed by atoms with E-state index in [-0.39, 0.29) is 5.56 Å². The highest BCUT2D eigenvalue weighted by Gasteiger charge is 2.11. The van der Waals surface area contributed by atoms with Gasteiger partial charge >= 0.3 is 0 Å². The molecule has 0 bridgehead atoms. The van der Waals surface area contributed by atoms with Crippen LogP contribution in [0.25, 0.3) is 21.7 Å². The molecule has 0 saturated heterocycles. The number of hydrogen-bond acceptors (Lipinski definition) is 5. The van der Waals surface area contributed by atoms with Crippen molar-refractivity contribution >= 4 is 21.6 Å². The molecule has 3 heterocycles. The van der Waals surface area contributed by atoms with Crippen LogP contribution in [0.3, 0.4) is 0 Å². The smallest absolute Gasteiger partial charge is 0.262 e. The van der Waals surface area contributed by atoms with Crippen molar-refractivity contribution in [3.05, 3.63) is 69.9 Å². The van der Waals surface area contributed by atoms with Gasteiger partial charge in [0.05, 0.1) is 24.0 Å². The van der Waals surface area contributed by atoms with Gasteiger partial charge in [-0.05, 0) is 24.6 Å². The molecule has 4 aromatic rings. The van der Waals surface area contributed by atoms with E-state index in [1.54, 1.807) is 28.5 Å². The van der Waals surface area contributed by atoms with Crippen molar-refractivity contribution in [2.75, 3.05) is 0 Å². The molecule has 0 aliphatic carbocycles. The number of oxazole rings is 1. The van der Waals surface area contributed by atoms with Gasteiger partial charge in [-0.15, -0.1) is 11.3 Å². The van der Waals surface area contributed by atoms with E-state index in [9.17, 15) is 4.79 Å². The summed E-state index contributed by atoms with van der Waals surface area (Å²) in [4.78, 5) is 23.4. The van der Waals surface area contributed by atoms with Crippen LogP contribution in [-0.4, -0.2) is 14.5 Å². The van der Waals surface area contributed by atoms with Crippen molar-refractivity contribution < 1.29 is 4.42 Å². The maximum Gasteiger partial charge on any atom is 0.262 e. The summed E-state index contributed by atoms with van der Waals surface area (Å²) in [7, 11) is 0. The number of aromatic nitrogens is 3. The Morgan fingerprint density at radius 1 is 1.25 bits per heavy atom. The minimum Gasteiger partial charge on any atom is -0.444 e. The molecule has 0 fully saturated rings. The fourth-order valence-electron chi connectivity index (χ4n) is 2.56. The van der Waals surface area contributed by atoms with Gasteiger partial charge in [-0.25, -0.2) is 9.97 Å². The molecule has 24 heavy (non-hydrogen) atoms. The highest BCUT2D eigenvalue weighted by atomic mass is 32.1. The second-order valence-corrected chi connectivity index (χ2v) is 6.59. The average molecular weight is 337 g/mol. The fourth-order valence-corrected chi connectivity index (χ4v) is 3.49. The molecule has 5 nitrogen and oxygen atoms in total. The van der Waals surface area contributed by atoms with Crippen LogP contribution in [0, 0.1) is 0 Å². The van der Waals surface area contributed by atoms with Crippen molar-refractivity contribution in [2.45, 2.75) is 19.9 Å². The van der Waals surface area contributed by atoms with E-state index in [1.165, 1.54) is 4.88 Å². The predicted molar refractivity (Wildman–Crippen MR) is 94.3 cm³/mol. The number of fused-ring (bicyclic) bond motifs is 1. The summed E-state index contributed by atoms with van der Waals surface area (Å²) in [5, 5.41) is 0.672. The summed E-state index contributed by atoms with van der Waals surface area (Å²) in [6, 6.07) is 11.6. The van der Waals surface area contributed by atoms with Crippen LogP contribution in [0.4, 0.5) is 0 Å². The Morgan fingerprint density at radius 2 is 2.08 bits per heavy atom. The lowest BCUT2D eigenvalue weighted by Gasteiger charge is -2.01. The zero-order valence-corrected chi connectivity index (χ0v) is 13.9. The lowest BCUT2D eigenvalue weighted by atomic mass is 10.2. The molecular formula is C18H15N3O2S. The van der Waals surface area contributed by atoms with Crippen LogP contribution in [0.1, 0.15) is 17.5 Å². The quantitative estimate of drug-likeness (QED) is 0.569. The first-order valence-corrected chi connectivity index (χ1v) is 8.54. The molecule has 1 aromatic carbocycles. The second kappa shape index (κ2) is 6.05. The van der Waals surface area contributed by atoms with Crippen LogP contribution >= 0.6 is 11.3 Å². The predicted octanol–water partition coefficient (Wildman–Crippen LogP) is 3.72. The molecule has 0 spiro atoms. The Kier molecular flexibility index (Phi) is 3.74. The first kappa shape index (κ1) is 14.8. The van der Waals surface area contributed by atoms with Crippen molar-refractivity contribution in [1.29, 1.82) is 0 Å². The van der Waals surface area contributed by atoms with Crippen LogP contribution in [0.2, 0.25) is 0 Å². The fraction of sp³-hybridized carbons (Fsp3) is 0.167. The van der Waals surface area contributed by atoms with E-state index < -0.39 is 0 Å². The molecule has 0 atom stereocenters. The van der Waals surface area contributed by atoms with Gasteiger partial charge in [0.25, 0.3) is 5.56 Å². The average Bonchev–Trinajstić information content (AvgIpc) is 3.25. The highest BCUT2D eigenvalue weighted by molar-refractivity contribution is 7.18. The van der Waals surface area contributed by atoms with Crippen molar-refractivity contribution in [1.82, 2.24) is 14.5 Å². The normalized spacial score (nSPS) is 11.2. The van der Waals surface area contributed by atoms with Gasteiger partial charge in [0.2, 0.25) is 5.89 Å². The third-order valence-corrected chi connectivity index (χ3v) is 5.01. The molecule has 0 saturated carbocycles. The molecule has 6 heteroatoms. The maximum atomic E-state index is 12.6. The summed E-state index contributed by atoms with van der Waals surface area (Å²) in [5.74, 6) is 0.552. The van der Waals surface area contributed by atoms with E-state index in [1.807, 2.05) is 36.4 Å². The Hall–Kier alpha value is -2.73. The number of benzene rings is 1. The van der Waals surface area contributed by atoms with E-state index in [0.29, 0.717) is 23.5 Å². The summed E-state index contributed by atoms with van der Waals surface area (Å²) >= 11 is 1.57. The number of hydrogen-bond donors (Lipinski definition) is 0. The third-order valence-electron chi connectivity index (χ3n) is 3.82. The minimum atomic E-state index is -0.0415. The molecule has 0 aliphatic rings. The largest absolute Gasteiger partial charge is 0.444 e. The standard InChI is InChI=1S/C18H15N3O2S/c1-2-14-8-15-17(24-14)19-11-21(18(15)22)9-13-10-23-16(20-13)12-6-4-3-5-7-12/h3-8,10-11H,2,9H2,1H3. The highest BCUT2D eigenvalue weighted by Crippen LogP contribution is 2.21. The Labute approximate surface area is 142 Å². The SMILES string of the molecule is CCc1cc2c(=O)n(Cc3coc(-c4ccccc4)n3)cnc2s1.